The van der Waals surface area contributed by atoms with Crippen LogP contribution in [0.5, 0.6) is 0 Å². The summed E-state index contributed by atoms with van der Waals surface area (Å²) in [5.74, 6) is 1.88. The average molecular weight is 426 g/mol. The van der Waals surface area contributed by atoms with E-state index in [0.717, 1.165) is 44.7 Å². The summed E-state index contributed by atoms with van der Waals surface area (Å²) in [6, 6.07) is 25.7. The molecule has 3 heterocycles. The summed E-state index contributed by atoms with van der Waals surface area (Å²) >= 11 is 0. The van der Waals surface area contributed by atoms with Gasteiger partial charge < -0.3 is 9.80 Å². The van der Waals surface area contributed by atoms with Crippen LogP contribution in [0, 0.1) is 11.8 Å². The summed E-state index contributed by atoms with van der Waals surface area (Å²) in [6.07, 6.45) is 5.00. The van der Waals surface area contributed by atoms with Crippen LogP contribution in [0.15, 0.2) is 85.2 Å². The van der Waals surface area contributed by atoms with Gasteiger partial charge in [0, 0.05) is 57.5 Å². The van der Waals surface area contributed by atoms with Crippen molar-refractivity contribution in [3.8, 4) is 0 Å². The highest BCUT2D eigenvalue weighted by Gasteiger charge is 2.41. The third-order valence-corrected chi connectivity index (χ3v) is 7.11. The summed E-state index contributed by atoms with van der Waals surface area (Å²) in [5, 5.41) is 0. The van der Waals surface area contributed by atoms with E-state index in [1.807, 2.05) is 18.3 Å². The standard InChI is InChI=1S/C28H31N3O/c32-28(14-13-22-8-7-15-29-16-22)31-19-25-17-30(18-26(25)20-31)21-27(23-9-3-1-4-10-23)24-11-5-2-6-12-24/h1-12,15-16,25-27H,13-14,17-21H2. The highest BCUT2D eigenvalue weighted by Crippen LogP contribution is 2.34. The second-order valence-corrected chi connectivity index (χ2v) is 9.27. The molecule has 0 spiro atoms. The van der Waals surface area contributed by atoms with Gasteiger partial charge in [-0.3, -0.25) is 9.78 Å². The first-order valence-electron chi connectivity index (χ1n) is 11.7. The fourth-order valence-corrected chi connectivity index (χ4v) is 5.43. The molecular formula is C28H31N3O. The molecule has 2 saturated heterocycles. The molecule has 2 aromatic carbocycles. The molecule has 2 aliphatic heterocycles. The number of benzene rings is 2. The maximum Gasteiger partial charge on any atom is 0.222 e. The van der Waals surface area contributed by atoms with E-state index in [0.29, 0.717) is 30.1 Å². The van der Waals surface area contributed by atoms with E-state index in [4.69, 9.17) is 0 Å². The lowest BCUT2D eigenvalue weighted by atomic mass is 9.91. The molecule has 5 rings (SSSR count). The topological polar surface area (TPSA) is 36.4 Å². The van der Waals surface area contributed by atoms with Crippen molar-refractivity contribution in [1.29, 1.82) is 0 Å². The number of rotatable bonds is 7. The van der Waals surface area contributed by atoms with Crippen molar-refractivity contribution in [2.24, 2.45) is 11.8 Å². The zero-order valence-corrected chi connectivity index (χ0v) is 18.5. The van der Waals surface area contributed by atoms with Crippen molar-refractivity contribution in [1.82, 2.24) is 14.8 Å². The Bertz CT molecular complexity index is 955. The van der Waals surface area contributed by atoms with Crippen LogP contribution in [0.2, 0.25) is 0 Å². The molecule has 0 N–H and O–H groups in total. The summed E-state index contributed by atoms with van der Waals surface area (Å²) in [6.45, 7) is 5.04. The lowest BCUT2D eigenvalue weighted by Crippen LogP contribution is -2.34. The Morgan fingerprint density at radius 2 is 1.47 bits per heavy atom. The molecule has 4 nitrogen and oxygen atoms in total. The number of hydrogen-bond donors (Lipinski definition) is 0. The second-order valence-electron chi connectivity index (χ2n) is 9.27. The maximum atomic E-state index is 12.8. The van der Waals surface area contributed by atoms with Crippen LogP contribution in [0.25, 0.3) is 0 Å². The lowest BCUT2D eigenvalue weighted by molar-refractivity contribution is -0.130. The minimum absolute atomic E-state index is 0.293. The zero-order valence-electron chi connectivity index (χ0n) is 18.5. The molecular weight excluding hydrogens is 394 g/mol. The number of amides is 1. The van der Waals surface area contributed by atoms with E-state index >= 15 is 0 Å². The number of carbonyl (C=O) groups excluding carboxylic acids is 1. The van der Waals surface area contributed by atoms with E-state index in [1.165, 1.54) is 11.1 Å². The first-order valence-corrected chi connectivity index (χ1v) is 11.7. The molecule has 2 atom stereocenters. The number of carbonyl (C=O) groups is 1. The third kappa shape index (κ3) is 4.76. The largest absolute Gasteiger partial charge is 0.342 e. The Balaban J connectivity index is 1.18. The molecule has 2 aliphatic rings. The number of aryl methyl sites for hydroxylation is 1. The van der Waals surface area contributed by atoms with E-state index < -0.39 is 0 Å². The van der Waals surface area contributed by atoms with Gasteiger partial charge in [-0.25, -0.2) is 0 Å². The number of fused-ring (bicyclic) bond motifs is 1. The molecule has 0 aliphatic carbocycles. The number of nitrogens with zero attached hydrogens (tertiary/aromatic N) is 3. The average Bonchev–Trinajstić information content (AvgIpc) is 3.42. The van der Waals surface area contributed by atoms with Crippen LogP contribution >= 0.6 is 0 Å². The minimum Gasteiger partial charge on any atom is -0.342 e. The lowest BCUT2D eigenvalue weighted by Gasteiger charge is -2.26. The van der Waals surface area contributed by atoms with Gasteiger partial charge in [-0.1, -0.05) is 66.7 Å². The van der Waals surface area contributed by atoms with Gasteiger partial charge in [0.2, 0.25) is 5.91 Å². The van der Waals surface area contributed by atoms with Gasteiger partial charge in [0.05, 0.1) is 0 Å². The fourth-order valence-electron chi connectivity index (χ4n) is 5.43. The van der Waals surface area contributed by atoms with Gasteiger partial charge in [0.25, 0.3) is 0 Å². The van der Waals surface area contributed by atoms with Gasteiger partial charge in [0.1, 0.15) is 0 Å². The molecule has 1 aromatic heterocycles. The summed E-state index contributed by atoms with van der Waals surface area (Å²) < 4.78 is 0. The minimum atomic E-state index is 0.293. The van der Waals surface area contributed by atoms with Crippen LogP contribution in [0.1, 0.15) is 29.0 Å². The molecule has 1 amide bonds. The first kappa shape index (κ1) is 20.9. The molecule has 3 aromatic rings. The van der Waals surface area contributed by atoms with Crippen LogP contribution in [0.3, 0.4) is 0 Å². The SMILES string of the molecule is O=C(CCc1cccnc1)N1CC2CN(CC(c3ccccc3)c3ccccc3)CC2C1. The van der Waals surface area contributed by atoms with E-state index in [-0.39, 0.29) is 0 Å². The molecule has 0 bridgehead atoms. The van der Waals surface area contributed by atoms with Crippen molar-refractivity contribution < 1.29 is 4.79 Å². The predicted octanol–water partition coefficient (Wildman–Crippen LogP) is 4.24. The molecule has 0 saturated carbocycles. The predicted molar refractivity (Wildman–Crippen MR) is 127 cm³/mol. The fraction of sp³-hybridized carbons (Fsp3) is 0.357. The molecule has 164 valence electrons. The van der Waals surface area contributed by atoms with Crippen LogP contribution in [0.4, 0.5) is 0 Å². The van der Waals surface area contributed by atoms with Gasteiger partial charge in [-0.05, 0) is 41.0 Å². The summed E-state index contributed by atoms with van der Waals surface area (Å²) in [5.41, 5.74) is 3.89. The van der Waals surface area contributed by atoms with Crippen LogP contribution < -0.4 is 0 Å². The van der Waals surface area contributed by atoms with Crippen LogP contribution in [-0.2, 0) is 11.2 Å². The Kier molecular flexibility index (Phi) is 6.31. The quantitative estimate of drug-likeness (QED) is 0.568. The first-order chi connectivity index (χ1) is 15.8. The normalized spacial score (nSPS) is 20.6. The van der Waals surface area contributed by atoms with Crippen molar-refractivity contribution in [3.05, 3.63) is 102 Å². The smallest absolute Gasteiger partial charge is 0.222 e. The third-order valence-electron chi connectivity index (χ3n) is 7.11. The molecule has 2 unspecified atom stereocenters. The van der Waals surface area contributed by atoms with E-state index in [2.05, 4.69) is 75.4 Å². The number of pyridine rings is 1. The van der Waals surface area contributed by atoms with Gasteiger partial charge in [0.15, 0.2) is 0 Å². The monoisotopic (exact) mass is 425 g/mol. The summed E-state index contributed by atoms with van der Waals surface area (Å²) in [4.78, 5) is 21.7. The van der Waals surface area contributed by atoms with Gasteiger partial charge in [-0.2, -0.15) is 0 Å². The molecule has 4 heteroatoms. The Labute approximate surface area is 190 Å². The van der Waals surface area contributed by atoms with Crippen molar-refractivity contribution in [2.75, 3.05) is 32.7 Å². The van der Waals surface area contributed by atoms with Crippen molar-refractivity contribution in [2.45, 2.75) is 18.8 Å². The van der Waals surface area contributed by atoms with Crippen molar-refractivity contribution >= 4 is 5.91 Å². The second kappa shape index (κ2) is 9.66. The highest BCUT2D eigenvalue weighted by atomic mass is 16.2. The maximum absolute atomic E-state index is 12.8. The van der Waals surface area contributed by atoms with Gasteiger partial charge >= 0.3 is 0 Å². The number of aromatic nitrogens is 1. The summed E-state index contributed by atoms with van der Waals surface area (Å²) in [7, 11) is 0. The molecule has 32 heavy (non-hydrogen) atoms. The van der Waals surface area contributed by atoms with Gasteiger partial charge in [-0.15, -0.1) is 0 Å². The Morgan fingerprint density at radius 3 is 2.03 bits per heavy atom. The number of likely N-dealkylation sites (tertiary alicyclic amines) is 2. The van der Waals surface area contributed by atoms with E-state index in [9.17, 15) is 4.79 Å². The van der Waals surface area contributed by atoms with Crippen molar-refractivity contribution in [3.63, 3.8) is 0 Å². The highest BCUT2D eigenvalue weighted by molar-refractivity contribution is 5.76. The number of hydrogen-bond acceptors (Lipinski definition) is 3. The van der Waals surface area contributed by atoms with E-state index in [1.54, 1.807) is 6.20 Å². The Morgan fingerprint density at radius 1 is 0.844 bits per heavy atom. The zero-order chi connectivity index (χ0) is 21.8. The van der Waals surface area contributed by atoms with Crippen LogP contribution in [-0.4, -0.2) is 53.4 Å². The molecule has 2 fully saturated rings. The Hall–Kier alpha value is -2.98. The molecule has 0 radical (unpaired) electrons.